The second-order valence-corrected chi connectivity index (χ2v) is 8.03. The molecule has 2 rings (SSSR count). The number of ether oxygens (including phenoxy) is 1. The molecule has 1 amide bonds. The Kier molecular flexibility index (Phi) is 5.50. The molecule has 1 saturated heterocycles. The third-order valence-electron chi connectivity index (χ3n) is 4.23. The summed E-state index contributed by atoms with van der Waals surface area (Å²) in [6, 6.07) is 5.06. The van der Waals surface area contributed by atoms with Crippen LogP contribution in [0.5, 0.6) is 0 Å². The number of piperidine rings is 1. The lowest BCUT2D eigenvalue weighted by Crippen LogP contribution is -2.47. The Hall–Kier alpha value is -1.07. The lowest BCUT2D eigenvalue weighted by atomic mass is 10.0. The average molecular weight is 324 g/mol. The number of carbonyl (C=O) groups is 1. The highest BCUT2D eigenvalue weighted by Gasteiger charge is 2.30. The van der Waals surface area contributed by atoms with Crippen LogP contribution in [0.1, 0.15) is 51.5 Å². The number of carbonyl (C=O) groups excluding carboxylic acids is 1. The van der Waals surface area contributed by atoms with Crippen LogP contribution in [0, 0.1) is 0 Å². The normalized spacial score (nSPS) is 19.0. The van der Waals surface area contributed by atoms with E-state index in [2.05, 4.69) is 29.3 Å². The molecule has 1 aliphatic heterocycles. The number of hydrogen-bond donors (Lipinski definition) is 0. The van der Waals surface area contributed by atoms with Gasteiger partial charge in [-0.05, 0) is 52.0 Å². The van der Waals surface area contributed by atoms with Crippen molar-refractivity contribution in [1.29, 1.82) is 0 Å². The van der Waals surface area contributed by atoms with Gasteiger partial charge in [-0.2, -0.15) is 0 Å². The first kappa shape index (κ1) is 17.3. The molecule has 5 heteroatoms. The predicted octanol–water partition coefficient (Wildman–Crippen LogP) is 4.14. The summed E-state index contributed by atoms with van der Waals surface area (Å²) in [5.74, 6) is 0. The molecule has 0 aliphatic carbocycles. The zero-order chi connectivity index (χ0) is 16.3. The summed E-state index contributed by atoms with van der Waals surface area (Å²) >= 11 is 1.82. The minimum Gasteiger partial charge on any atom is -0.444 e. The maximum atomic E-state index is 12.2. The SMILES string of the molecule is C[C@H](c1cccs1)N1CCC(N(C)C(=O)OC(C)(C)C)CC1. The smallest absolute Gasteiger partial charge is 0.410 e. The summed E-state index contributed by atoms with van der Waals surface area (Å²) in [4.78, 5) is 17.8. The number of hydrogen-bond acceptors (Lipinski definition) is 4. The Morgan fingerprint density at radius 1 is 1.41 bits per heavy atom. The van der Waals surface area contributed by atoms with E-state index in [1.54, 1.807) is 4.90 Å². The first-order valence-electron chi connectivity index (χ1n) is 8.01. The van der Waals surface area contributed by atoms with Gasteiger partial charge >= 0.3 is 6.09 Å². The van der Waals surface area contributed by atoms with E-state index < -0.39 is 5.60 Å². The number of thiophene rings is 1. The van der Waals surface area contributed by atoms with Gasteiger partial charge in [0.25, 0.3) is 0 Å². The van der Waals surface area contributed by atoms with Crippen LogP contribution >= 0.6 is 11.3 Å². The van der Waals surface area contributed by atoms with Crippen LogP contribution in [0.4, 0.5) is 4.79 Å². The largest absolute Gasteiger partial charge is 0.444 e. The molecule has 1 fully saturated rings. The van der Waals surface area contributed by atoms with E-state index >= 15 is 0 Å². The first-order valence-corrected chi connectivity index (χ1v) is 8.89. The Bertz CT molecular complexity index is 473. The Morgan fingerprint density at radius 2 is 2.05 bits per heavy atom. The Labute approximate surface area is 138 Å². The van der Waals surface area contributed by atoms with Crippen molar-refractivity contribution < 1.29 is 9.53 Å². The van der Waals surface area contributed by atoms with Gasteiger partial charge in [-0.25, -0.2) is 4.79 Å². The van der Waals surface area contributed by atoms with Gasteiger partial charge in [0.1, 0.15) is 5.60 Å². The zero-order valence-electron chi connectivity index (χ0n) is 14.3. The Balaban J connectivity index is 1.85. The molecule has 2 heterocycles. The van der Waals surface area contributed by atoms with Crippen LogP contribution in [-0.2, 0) is 4.74 Å². The molecule has 0 spiro atoms. The molecule has 0 aromatic carbocycles. The lowest BCUT2D eigenvalue weighted by Gasteiger charge is -2.39. The first-order chi connectivity index (χ1) is 10.3. The van der Waals surface area contributed by atoms with Crippen molar-refractivity contribution in [3.8, 4) is 0 Å². The molecule has 0 N–H and O–H groups in total. The van der Waals surface area contributed by atoms with E-state index in [0.717, 1.165) is 25.9 Å². The quantitative estimate of drug-likeness (QED) is 0.837. The third-order valence-corrected chi connectivity index (χ3v) is 5.27. The van der Waals surface area contributed by atoms with E-state index in [4.69, 9.17) is 4.74 Å². The lowest BCUT2D eigenvalue weighted by molar-refractivity contribution is 0.0134. The predicted molar refractivity (Wildman–Crippen MR) is 91.3 cm³/mol. The van der Waals surface area contributed by atoms with Crippen LogP contribution in [0.25, 0.3) is 0 Å². The maximum absolute atomic E-state index is 12.2. The molecule has 4 nitrogen and oxygen atoms in total. The standard InChI is InChI=1S/C17H28N2O2S/c1-13(15-7-6-12-22-15)19-10-8-14(9-11-19)18(5)16(20)21-17(2,3)4/h6-7,12-14H,8-11H2,1-5H3/t13-/m1/s1. The van der Waals surface area contributed by atoms with Crippen molar-refractivity contribution in [2.24, 2.45) is 0 Å². The number of likely N-dealkylation sites (tertiary alicyclic amines) is 1. The molecule has 0 saturated carbocycles. The van der Waals surface area contributed by atoms with E-state index in [0.29, 0.717) is 6.04 Å². The number of rotatable bonds is 3. The summed E-state index contributed by atoms with van der Waals surface area (Å²) in [7, 11) is 1.86. The fourth-order valence-electron chi connectivity index (χ4n) is 2.85. The second kappa shape index (κ2) is 7.01. The number of nitrogens with zero attached hydrogens (tertiary/aromatic N) is 2. The minimum atomic E-state index is -0.431. The van der Waals surface area contributed by atoms with Gasteiger partial charge in [-0.3, -0.25) is 4.90 Å². The highest BCUT2D eigenvalue weighted by atomic mass is 32.1. The number of amides is 1. The molecular weight excluding hydrogens is 296 g/mol. The molecule has 1 aromatic heterocycles. The van der Waals surface area contributed by atoms with Crippen LogP contribution in [0.2, 0.25) is 0 Å². The highest BCUT2D eigenvalue weighted by molar-refractivity contribution is 7.10. The van der Waals surface area contributed by atoms with Crippen LogP contribution in [0.15, 0.2) is 17.5 Å². The van der Waals surface area contributed by atoms with Gasteiger partial charge in [0.15, 0.2) is 0 Å². The van der Waals surface area contributed by atoms with Crippen LogP contribution < -0.4 is 0 Å². The van der Waals surface area contributed by atoms with Gasteiger partial charge in [-0.1, -0.05) is 6.07 Å². The van der Waals surface area contributed by atoms with Gasteiger partial charge in [-0.15, -0.1) is 11.3 Å². The fourth-order valence-corrected chi connectivity index (χ4v) is 3.67. The topological polar surface area (TPSA) is 32.8 Å². The molecule has 0 radical (unpaired) electrons. The molecule has 0 unspecified atom stereocenters. The van der Waals surface area contributed by atoms with Gasteiger partial charge in [0.2, 0.25) is 0 Å². The van der Waals surface area contributed by atoms with Crippen molar-refractivity contribution in [2.45, 2.75) is 58.2 Å². The van der Waals surface area contributed by atoms with E-state index in [-0.39, 0.29) is 12.1 Å². The minimum absolute atomic E-state index is 0.211. The fraction of sp³-hybridized carbons (Fsp3) is 0.706. The van der Waals surface area contributed by atoms with E-state index in [9.17, 15) is 4.79 Å². The van der Waals surface area contributed by atoms with Crippen molar-refractivity contribution >= 4 is 17.4 Å². The van der Waals surface area contributed by atoms with Crippen LogP contribution in [0.3, 0.4) is 0 Å². The Morgan fingerprint density at radius 3 is 2.55 bits per heavy atom. The van der Waals surface area contributed by atoms with E-state index in [1.807, 2.05) is 39.2 Å². The molecule has 22 heavy (non-hydrogen) atoms. The van der Waals surface area contributed by atoms with Crippen molar-refractivity contribution in [3.05, 3.63) is 22.4 Å². The molecular formula is C17H28N2O2S. The maximum Gasteiger partial charge on any atom is 0.410 e. The molecule has 1 atom stereocenters. The zero-order valence-corrected chi connectivity index (χ0v) is 15.2. The molecule has 1 aliphatic rings. The second-order valence-electron chi connectivity index (χ2n) is 7.05. The monoisotopic (exact) mass is 324 g/mol. The van der Waals surface area contributed by atoms with Crippen molar-refractivity contribution in [1.82, 2.24) is 9.80 Å². The van der Waals surface area contributed by atoms with Crippen LogP contribution in [-0.4, -0.2) is 47.7 Å². The van der Waals surface area contributed by atoms with E-state index in [1.165, 1.54) is 4.88 Å². The van der Waals surface area contributed by atoms with Gasteiger partial charge in [0, 0.05) is 37.1 Å². The molecule has 124 valence electrons. The summed E-state index contributed by atoms with van der Waals surface area (Å²) < 4.78 is 5.46. The summed E-state index contributed by atoms with van der Waals surface area (Å²) in [5.41, 5.74) is -0.431. The summed E-state index contributed by atoms with van der Waals surface area (Å²) in [6.45, 7) is 10.0. The average Bonchev–Trinajstić information content (AvgIpc) is 2.98. The van der Waals surface area contributed by atoms with Crippen molar-refractivity contribution in [3.63, 3.8) is 0 Å². The highest BCUT2D eigenvalue weighted by Crippen LogP contribution is 2.28. The van der Waals surface area contributed by atoms with Gasteiger partial charge < -0.3 is 9.64 Å². The summed E-state index contributed by atoms with van der Waals surface area (Å²) in [5, 5.41) is 2.13. The third kappa shape index (κ3) is 4.46. The van der Waals surface area contributed by atoms with Crippen molar-refractivity contribution in [2.75, 3.05) is 20.1 Å². The summed E-state index contributed by atoms with van der Waals surface area (Å²) in [6.07, 6.45) is 1.80. The van der Waals surface area contributed by atoms with Gasteiger partial charge in [0.05, 0.1) is 0 Å². The molecule has 0 bridgehead atoms. The molecule has 1 aromatic rings.